The quantitative estimate of drug-likeness (QED) is 0.481. The monoisotopic (exact) mass is 496 g/mol. The Balaban J connectivity index is 1.91. The van der Waals surface area contributed by atoms with Crippen LogP contribution in [0.2, 0.25) is 5.02 Å². The Morgan fingerprint density at radius 2 is 1.79 bits per heavy atom. The predicted octanol–water partition coefficient (Wildman–Crippen LogP) is 5.60. The molecule has 0 unspecified atom stereocenters. The first-order valence-electron chi connectivity index (χ1n) is 8.32. The van der Waals surface area contributed by atoms with Crippen molar-refractivity contribution in [1.29, 1.82) is 0 Å². The second kappa shape index (κ2) is 8.52. The van der Waals surface area contributed by atoms with Crippen LogP contribution in [0.1, 0.15) is 15.9 Å². The molecule has 3 aromatic rings. The molecule has 1 amide bonds. The molecule has 0 aliphatic rings. The molecule has 150 valence electrons. The van der Waals surface area contributed by atoms with Crippen molar-refractivity contribution in [2.24, 2.45) is 0 Å². The van der Waals surface area contributed by atoms with Gasteiger partial charge < -0.3 is 5.32 Å². The van der Waals surface area contributed by atoms with Gasteiger partial charge in [0.25, 0.3) is 15.9 Å². The topological polar surface area (TPSA) is 75.3 Å². The Hall–Kier alpha value is -2.42. The highest BCUT2D eigenvalue weighted by molar-refractivity contribution is 9.10. The fraction of sp³-hybridized carbons (Fsp3) is 0.0500. The number of anilines is 2. The van der Waals surface area contributed by atoms with Gasteiger partial charge in [0.15, 0.2) is 0 Å². The number of sulfonamides is 1. The van der Waals surface area contributed by atoms with E-state index < -0.39 is 21.7 Å². The number of aryl methyl sites for hydroxylation is 1. The molecule has 0 saturated carbocycles. The smallest absolute Gasteiger partial charge is 0.262 e. The SMILES string of the molecule is Cc1ccc(NC(=O)c2cc(F)ccc2Br)cc1S(=O)(=O)Nc1ccccc1Cl. The van der Waals surface area contributed by atoms with Crippen molar-refractivity contribution in [3.8, 4) is 0 Å². The standard InChI is InChI=1S/C20H15BrClFN2O3S/c1-12-6-8-14(24-20(26)15-10-13(23)7-9-16(15)21)11-19(12)29(27,28)25-18-5-3-2-4-17(18)22/h2-11,25H,1H3,(H,24,26). The summed E-state index contributed by atoms with van der Waals surface area (Å²) >= 11 is 9.23. The molecular weight excluding hydrogens is 483 g/mol. The number of nitrogens with one attached hydrogen (secondary N) is 2. The maximum absolute atomic E-state index is 13.5. The van der Waals surface area contributed by atoms with Gasteiger partial charge in [-0.1, -0.05) is 29.8 Å². The lowest BCUT2D eigenvalue weighted by molar-refractivity contribution is 0.102. The zero-order chi connectivity index (χ0) is 21.2. The van der Waals surface area contributed by atoms with E-state index in [9.17, 15) is 17.6 Å². The number of hydrogen-bond donors (Lipinski definition) is 2. The van der Waals surface area contributed by atoms with Crippen LogP contribution in [0, 0.1) is 12.7 Å². The van der Waals surface area contributed by atoms with E-state index in [1.807, 2.05) is 0 Å². The van der Waals surface area contributed by atoms with Crippen LogP contribution < -0.4 is 10.0 Å². The highest BCUT2D eigenvalue weighted by Gasteiger charge is 2.20. The molecule has 3 aromatic carbocycles. The molecule has 0 fully saturated rings. The molecule has 0 heterocycles. The van der Waals surface area contributed by atoms with Crippen LogP contribution in [0.15, 0.2) is 70.0 Å². The number of para-hydroxylation sites is 1. The molecule has 0 spiro atoms. The average molecular weight is 498 g/mol. The van der Waals surface area contributed by atoms with Crippen LogP contribution in [0.3, 0.4) is 0 Å². The number of carbonyl (C=O) groups excluding carboxylic acids is 1. The van der Waals surface area contributed by atoms with Crippen molar-refractivity contribution < 1.29 is 17.6 Å². The minimum absolute atomic E-state index is 0.0199. The average Bonchev–Trinajstić information content (AvgIpc) is 2.66. The van der Waals surface area contributed by atoms with Gasteiger partial charge in [0, 0.05) is 10.2 Å². The van der Waals surface area contributed by atoms with Crippen LogP contribution in [0.4, 0.5) is 15.8 Å². The van der Waals surface area contributed by atoms with Gasteiger partial charge in [0.05, 0.1) is 21.2 Å². The Morgan fingerprint density at radius 1 is 1.07 bits per heavy atom. The second-order valence-corrected chi connectivity index (χ2v) is 9.06. The molecule has 3 rings (SSSR count). The number of hydrogen-bond acceptors (Lipinski definition) is 3. The van der Waals surface area contributed by atoms with E-state index in [1.165, 1.54) is 18.2 Å². The Morgan fingerprint density at radius 3 is 2.52 bits per heavy atom. The van der Waals surface area contributed by atoms with Gasteiger partial charge in [-0.15, -0.1) is 0 Å². The molecule has 0 aliphatic heterocycles. The van der Waals surface area contributed by atoms with E-state index >= 15 is 0 Å². The summed E-state index contributed by atoms with van der Waals surface area (Å²) in [7, 11) is -3.96. The van der Waals surface area contributed by atoms with Gasteiger partial charge in [0.2, 0.25) is 0 Å². The van der Waals surface area contributed by atoms with E-state index in [1.54, 1.807) is 43.3 Å². The number of carbonyl (C=O) groups is 1. The maximum atomic E-state index is 13.5. The molecule has 0 saturated heterocycles. The third-order valence-electron chi connectivity index (χ3n) is 4.03. The van der Waals surface area contributed by atoms with Crippen molar-refractivity contribution >= 4 is 54.8 Å². The van der Waals surface area contributed by atoms with Gasteiger partial charge in [-0.3, -0.25) is 9.52 Å². The number of benzene rings is 3. The summed E-state index contributed by atoms with van der Waals surface area (Å²) in [6.45, 7) is 1.63. The molecule has 0 radical (unpaired) electrons. The second-order valence-electron chi connectivity index (χ2n) is 6.14. The van der Waals surface area contributed by atoms with E-state index in [-0.39, 0.29) is 26.9 Å². The van der Waals surface area contributed by atoms with Crippen molar-refractivity contribution in [3.05, 3.63) is 87.1 Å². The van der Waals surface area contributed by atoms with E-state index in [4.69, 9.17) is 11.6 Å². The summed E-state index contributed by atoms with van der Waals surface area (Å²) in [5.41, 5.74) is 1.06. The molecule has 9 heteroatoms. The molecule has 29 heavy (non-hydrogen) atoms. The van der Waals surface area contributed by atoms with Crippen LogP contribution in [0.25, 0.3) is 0 Å². The summed E-state index contributed by atoms with van der Waals surface area (Å²) in [6.07, 6.45) is 0. The summed E-state index contributed by atoms with van der Waals surface area (Å²) in [4.78, 5) is 12.5. The molecule has 0 aliphatic carbocycles. The molecular formula is C20H15BrClFN2O3S. The normalized spacial score (nSPS) is 11.2. The van der Waals surface area contributed by atoms with Crippen molar-refractivity contribution in [3.63, 3.8) is 0 Å². The Labute approximate surface area is 181 Å². The lowest BCUT2D eigenvalue weighted by Crippen LogP contribution is -2.16. The van der Waals surface area contributed by atoms with Crippen molar-refractivity contribution in [2.75, 3.05) is 10.0 Å². The minimum Gasteiger partial charge on any atom is -0.322 e. The van der Waals surface area contributed by atoms with E-state index in [2.05, 4.69) is 26.0 Å². The highest BCUT2D eigenvalue weighted by Crippen LogP contribution is 2.27. The summed E-state index contributed by atoms with van der Waals surface area (Å²) in [6, 6.07) is 14.6. The van der Waals surface area contributed by atoms with Gasteiger partial charge >= 0.3 is 0 Å². The Bertz CT molecular complexity index is 1200. The molecule has 2 N–H and O–H groups in total. The fourth-order valence-electron chi connectivity index (χ4n) is 2.58. The van der Waals surface area contributed by atoms with Crippen LogP contribution in [-0.4, -0.2) is 14.3 Å². The lowest BCUT2D eigenvalue weighted by atomic mass is 10.2. The fourth-order valence-corrected chi connectivity index (χ4v) is 4.60. The van der Waals surface area contributed by atoms with Gasteiger partial charge in [-0.05, 0) is 70.9 Å². The first-order valence-corrected chi connectivity index (χ1v) is 11.0. The predicted molar refractivity (Wildman–Crippen MR) is 115 cm³/mol. The summed E-state index contributed by atoms with van der Waals surface area (Å²) < 4.78 is 42.0. The first kappa shape index (κ1) is 21.3. The molecule has 0 atom stereocenters. The molecule has 0 bridgehead atoms. The Kier molecular flexibility index (Phi) is 6.26. The van der Waals surface area contributed by atoms with Crippen LogP contribution in [0.5, 0.6) is 0 Å². The zero-order valence-corrected chi connectivity index (χ0v) is 18.2. The van der Waals surface area contributed by atoms with Crippen molar-refractivity contribution in [1.82, 2.24) is 0 Å². The number of amides is 1. The lowest BCUT2D eigenvalue weighted by Gasteiger charge is -2.14. The first-order chi connectivity index (χ1) is 13.7. The van der Waals surface area contributed by atoms with E-state index in [0.717, 1.165) is 6.07 Å². The third-order valence-corrected chi connectivity index (χ3v) is 6.56. The maximum Gasteiger partial charge on any atom is 0.262 e. The summed E-state index contributed by atoms with van der Waals surface area (Å²) in [5.74, 6) is -1.14. The third kappa shape index (κ3) is 4.95. The van der Waals surface area contributed by atoms with Crippen LogP contribution >= 0.6 is 27.5 Å². The molecule has 0 aromatic heterocycles. The minimum atomic E-state index is -3.96. The molecule has 5 nitrogen and oxygen atoms in total. The number of rotatable bonds is 5. The zero-order valence-electron chi connectivity index (χ0n) is 15.0. The largest absolute Gasteiger partial charge is 0.322 e. The summed E-state index contributed by atoms with van der Waals surface area (Å²) in [5, 5.41) is 2.85. The van der Waals surface area contributed by atoms with Gasteiger partial charge in [-0.25, -0.2) is 12.8 Å². The highest BCUT2D eigenvalue weighted by atomic mass is 79.9. The van der Waals surface area contributed by atoms with Gasteiger partial charge in [-0.2, -0.15) is 0 Å². The van der Waals surface area contributed by atoms with E-state index in [0.29, 0.717) is 10.0 Å². The van der Waals surface area contributed by atoms with Crippen LogP contribution in [-0.2, 0) is 10.0 Å². The van der Waals surface area contributed by atoms with Gasteiger partial charge in [0.1, 0.15) is 5.82 Å². The number of halogens is 3. The van der Waals surface area contributed by atoms with Crippen molar-refractivity contribution in [2.45, 2.75) is 11.8 Å².